The lowest BCUT2D eigenvalue weighted by molar-refractivity contribution is 0.152. The molecule has 3 heteroatoms. The highest BCUT2D eigenvalue weighted by Gasteiger charge is 2.34. The highest BCUT2D eigenvalue weighted by atomic mass is 19.1. The highest BCUT2D eigenvalue weighted by Crippen LogP contribution is 2.36. The van der Waals surface area contributed by atoms with Gasteiger partial charge in [-0.05, 0) is 30.5 Å². The molecule has 0 radical (unpaired) electrons. The predicted octanol–water partition coefficient (Wildman–Crippen LogP) is 3.10. The second-order valence-electron chi connectivity index (χ2n) is 4.54. The summed E-state index contributed by atoms with van der Waals surface area (Å²) in [5.74, 6) is 0.645. The lowest BCUT2D eigenvalue weighted by Crippen LogP contribution is -2.25. The summed E-state index contributed by atoms with van der Waals surface area (Å²) in [5.41, 5.74) is 2.33. The van der Waals surface area contributed by atoms with Crippen LogP contribution in [0.15, 0.2) is 29.4 Å². The molecule has 1 aromatic rings. The van der Waals surface area contributed by atoms with E-state index in [9.17, 15) is 4.39 Å². The van der Waals surface area contributed by atoms with Crippen LogP contribution in [0, 0.1) is 11.7 Å². The van der Waals surface area contributed by atoms with E-state index < -0.39 is 0 Å². The van der Waals surface area contributed by atoms with E-state index in [1.807, 2.05) is 12.1 Å². The quantitative estimate of drug-likeness (QED) is 0.711. The van der Waals surface area contributed by atoms with E-state index in [4.69, 9.17) is 4.84 Å². The molecule has 2 nitrogen and oxygen atoms in total. The van der Waals surface area contributed by atoms with Crippen molar-refractivity contribution >= 4 is 5.71 Å². The maximum atomic E-state index is 12.9. The smallest absolute Gasteiger partial charge is 0.125 e. The number of benzene rings is 1. The summed E-state index contributed by atoms with van der Waals surface area (Å²) in [5, 5.41) is 4.16. The largest absolute Gasteiger partial charge is 0.395 e. The molecule has 1 aliphatic heterocycles. The molecule has 0 saturated heterocycles. The Morgan fingerprint density at radius 3 is 2.81 bits per heavy atom. The molecule has 84 valence electrons. The van der Waals surface area contributed by atoms with Crippen molar-refractivity contribution in [1.82, 2.24) is 0 Å². The third-order valence-electron chi connectivity index (χ3n) is 3.54. The number of rotatable bonds is 1. The summed E-state index contributed by atoms with van der Waals surface area (Å²) in [6, 6.07) is 6.77. The summed E-state index contributed by atoms with van der Waals surface area (Å²) < 4.78 is 12.9. The average Bonchev–Trinajstić information content (AvgIpc) is 2.78. The zero-order valence-corrected chi connectivity index (χ0v) is 9.03. The van der Waals surface area contributed by atoms with Gasteiger partial charge in [-0.15, -0.1) is 0 Å². The fraction of sp³-hybridized carbons (Fsp3) is 0.462. The van der Waals surface area contributed by atoms with Crippen molar-refractivity contribution in [3.05, 3.63) is 35.6 Å². The van der Waals surface area contributed by atoms with Gasteiger partial charge in [0, 0.05) is 11.8 Å². The highest BCUT2D eigenvalue weighted by molar-refractivity contribution is 5.94. The van der Waals surface area contributed by atoms with Gasteiger partial charge in [-0.3, -0.25) is 0 Å². The van der Waals surface area contributed by atoms with Gasteiger partial charge in [0.2, 0.25) is 0 Å². The molecule has 1 aromatic carbocycles. The van der Waals surface area contributed by atoms with E-state index in [0.29, 0.717) is 11.8 Å². The van der Waals surface area contributed by atoms with Gasteiger partial charge in [0.1, 0.15) is 12.4 Å². The van der Waals surface area contributed by atoms with Crippen LogP contribution >= 0.6 is 0 Å². The minimum Gasteiger partial charge on any atom is -0.395 e. The van der Waals surface area contributed by atoms with Crippen LogP contribution < -0.4 is 0 Å². The molecule has 0 aromatic heterocycles. The molecule has 1 saturated carbocycles. The first kappa shape index (κ1) is 9.82. The van der Waals surface area contributed by atoms with Gasteiger partial charge in [0.25, 0.3) is 0 Å². The molecule has 2 atom stereocenters. The van der Waals surface area contributed by atoms with Crippen molar-refractivity contribution in [2.24, 2.45) is 11.1 Å². The van der Waals surface area contributed by atoms with Crippen molar-refractivity contribution in [2.75, 3.05) is 6.61 Å². The summed E-state index contributed by atoms with van der Waals surface area (Å²) in [6.07, 6.45) is 3.48. The Morgan fingerprint density at radius 1 is 1.19 bits per heavy atom. The van der Waals surface area contributed by atoms with Crippen molar-refractivity contribution in [3.63, 3.8) is 0 Å². The lowest BCUT2D eigenvalue weighted by Gasteiger charge is -2.25. The number of oxime groups is 1. The van der Waals surface area contributed by atoms with Crippen LogP contribution in [0.2, 0.25) is 0 Å². The van der Waals surface area contributed by atoms with Gasteiger partial charge in [0.15, 0.2) is 0 Å². The van der Waals surface area contributed by atoms with E-state index >= 15 is 0 Å². The first-order chi connectivity index (χ1) is 7.84. The molecule has 2 aliphatic rings. The molecular formula is C13H14FNO. The van der Waals surface area contributed by atoms with Crippen LogP contribution in [0.5, 0.6) is 0 Å². The van der Waals surface area contributed by atoms with Gasteiger partial charge < -0.3 is 4.84 Å². The fourth-order valence-corrected chi connectivity index (χ4v) is 2.69. The Kier molecular flexibility index (Phi) is 2.39. The first-order valence-corrected chi connectivity index (χ1v) is 5.80. The van der Waals surface area contributed by atoms with Crippen molar-refractivity contribution < 1.29 is 9.23 Å². The third kappa shape index (κ3) is 1.60. The Hall–Kier alpha value is -1.38. The predicted molar refractivity (Wildman–Crippen MR) is 59.9 cm³/mol. The van der Waals surface area contributed by atoms with Gasteiger partial charge in [0.05, 0.1) is 5.71 Å². The molecule has 0 unspecified atom stereocenters. The van der Waals surface area contributed by atoms with Gasteiger partial charge in [-0.2, -0.15) is 0 Å². The summed E-state index contributed by atoms with van der Waals surface area (Å²) in [6.45, 7) is 0.729. The minimum absolute atomic E-state index is 0.180. The number of fused-ring (bicyclic) bond motifs is 1. The zero-order chi connectivity index (χ0) is 11.0. The summed E-state index contributed by atoms with van der Waals surface area (Å²) >= 11 is 0. The van der Waals surface area contributed by atoms with E-state index in [-0.39, 0.29) is 5.82 Å². The normalized spacial score (nSPS) is 28.2. The molecule has 0 amide bonds. The standard InChI is InChI=1S/C13H14FNO/c14-11-6-4-9(5-7-11)12-3-1-2-10-8-16-15-13(10)12/h4-7,10,12H,1-3,8H2/t10-,12+/m1/s1. The topological polar surface area (TPSA) is 21.6 Å². The monoisotopic (exact) mass is 219 g/mol. The molecule has 16 heavy (non-hydrogen) atoms. The van der Waals surface area contributed by atoms with Crippen molar-refractivity contribution in [3.8, 4) is 0 Å². The van der Waals surface area contributed by atoms with E-state index in [0.717, 1.165) is 24.3 Å². The SMILES string of the molecule is Fc1ccc([C@@H]2CCC[C@@H]3CON=C32)cc1. The molecule has 1 aliphatic carbocycles. The molecule has 0 N–H and O–H groups in total. The minimum atomic E-state index is -0.180. The number of hydrogen-bond donors (Lipinski definition) is 0. The summed E-state index contributed by atoms with van der Waals surface area (Å²) in [4.78, 5) is 5.18. The van der Waals surface area contributed by atoms with E-state index in [2.05, 4.69) is 5.16 Å². The average molecular weight is 219 g/mol. The van der Waals surface area contributed by atoms with Gasteiger partial charge in [-0.25, -0.2) is 4.39 Å². The Balaban J connectivity index is 1.91. The van der Waals surface area contributed by atoms with Crippen LogP contribution in [0.1, 0.15) is 30.7 Å². The fourth-order valence-electron chi connectivity index (χ4n) is 2.69. The maximum Gasteiger partial charge on any atom is 0.125 e. The Morgan fingerprint density at radius 2 is 2.00 bits per heavy atom. The number of nitrogens with zero attached hydrogens (tertiary/aromatic N) is 1. The summed E-state index contributed by atoms with van der Waals surface area (Å²) in [7, 11) is 0. The number of hydrogen-bond acceptors (Lipinski definition) is 2. The third-order valence-corrected chi connectivity index (χ3v) is 3.54. The molecular weight excluding hydrogens is 205 g/mol. The van der Waals surface area contributed by atoms with Crippen LogP contribution in [0.4, 0.5) is 4.39 Å². The zero-order valence-electron chi connectivity index (χ0n) is 9.03. The van der Waals surface area contributed by atoms with Crippen LogP contribution in [0.25, 0.3) is 0 Å². The second kappa shape index (κ2) is 3.89. The molecule has 1 heterocycles. The lowest BCUT2D eigenvalue weighted by atomic mass is 9.77. The molecule has 3 rings (SSSR count). The second-order valence-corrected chi connectivity index (χ2v) is 4.54. The Bertz CT molecular complexity index is 412. The van der Waals surface area contributed by atoms with E-state index in [1.165, 1.54) is 25.0 Å². The van der Waals surface area contributed by atoms with Gasteiger partial charge in [-0.1, -0.05) is 23.7 Å². The van der Waals surface area contributed by atoms with Crippen LogP contribution in [-0.2, 0) is 4.84 Å². The molecule has 1 fully saturated rings. The maximum absolute atomic E-state index is 12.9. The van der Waals surface area contributed by atoms with Crippen molar-refractivity contribution in [1.29, 1.82) is 0 Å². The first-order valence-electron chi connectivity index (χ1n) is 5.80. The molecule has 0 bridgehead atoms. The van der Waals surface area contributed by atoms with Crippen LogP contribution in [-0.4, -0.2) is 12.3 Å². The van der Waals surface area contributed by atoms with E-state index in [1.54, 1.807) is 0 Å². The number of halogens is 1. The van der Waals surface area contributed by atoms with Crippen LogP contribution in [0.3, 0.4) is 0 Å². The van der Waals surface area contributed by atoms with Crippen molar-refractivity contribution in [2.45, 2.75) is 25.2 Å². The molecule has 0 spiro atoms. The Labute approximate surface area is 94.1 Å². The van der Waals surface area contributed by atoms with Gasteiger partial charge >= 0.3 is 0 Å².